The van der Waals surface area contributed by atoms with Crippen molar-refractivity contribution in [3.8, 4) is 11.3 Å². The third kappa shape index (κ3) is 6.69. The highest BCUT2D eigenvalue weighted by molar-refractivity contribution is 5.98. The summed E-state index contributed by atoms with van der Waals surface area (Å²) in [5.74, 6) is -0.227. The Morgan fingerprint density at radius 2 is 1.52 bits per heavy atom. The van der Waals surface area contributed by atoms with Gasteiger partial charge in [0.1, 0.15) is 0 Å². The molecular weight excluding hydrogens is 554 g/mol. The highest BCUT2D eigenvalue weighted by atomic mass is 16.4. The summed E-state index contributed by atoms with van der Waals surface area (Å²) in [5.41, 5.74) is 3.10. The van der Waals surface area contributed by atoms with E-state index in [2.05, 4.69) is 22.0 Å². The molecule has 2 aliphatic heterocycles. The molecule has 0 saturated carbocycles. The summed E-state index contributed by atoms with van der Waals surface area (Å²) in [6, 6.07) is 29.5. The van der Waals surface area contributed by atoms with Gasteiger partial charge in [0.25, 0.3) is 5.91 Å². The number of benzene rings is 3. The first-order valence-electron chi connectivity index (χ1n) is 15.3. The van der Waals surface area contributed by atoms with Gasteiger partial charge in [-0.25, -0.2) is 9.78 Å². The number of β-amino-alcohol motifs (C(OH)–C–C–N with tert-alkyl or cyclic N) is 1. The average Bonchev–Trinajstić information content (AvgIpc) is 3.45. The number of piperidine rings is 1. The number of likely N-dealkylation sites (tertiary alicyclic amines) is 1. The summed E-state index contributed by atoms with van der Waals surface area (Å²) in [5, 5.41) is 21.6. The van der Waals surface area contributed by atoms with Crippen LogP contribution < -0.4 is 0 Å². The van der Waals surface area contributed by atoms with Crippen LogP contribution in [-0.4, -0.2) is 90.8 Å². The van der Waals surface area contributed by atoms with Crippen molar-refractivity contribution in [2.75, 3.05) is 32.7 Å². The second-order valence-electron chi connectivity index (χ2n) is 12.0. The Balaban J connectivity index is 1.28. The zero-order chi connectivity index (χ0) is 30.5. The first-order valence-corrected chi connectivity index (χ1v) is 15.3. The molecule has 9 heteroatoms. The molecule has 2 saturated heterocycles. The summed E-state index contributed by atoms with van der Waals surface area (Å²) in [6.07, 6.45) is 2.76. The van der Waals surface area contributed by atoms with Gasteiger partial charge in [-0.15, -0.1) is 0 Å². The summed E-state index contributed by atoms with van der Waals surface area (Å²) < 4.78 is 1.92. The first kappa shape index (κ1) is 29.6. The number of amides is 2. The van der Waals surface area contributed by atoms with Gasteiger partial charge in [-0.3, -0.25) is 9.69 Å². The zero-order valence-electron chi connectivity index (χ0n) is 24.8. The van der Waals surface area contributed by atoms with Gasteiger partial charge in [0.05, 0.1) is 30.2 Å². The summed E-state index contributed by atoms with van der Waals surface area (Å²) in [6.45, 7) is 3.27. The van der Waals surface area contributed by atoms with Crippen LogP contribution in [0.15, 0.2) is 97.3 Å². The molecule has 2 atom stereocenters. The first-order chi connectivity index (χ1) is 21.4. The molecule has 2 fully saturated rings. The van der Waals surface area contributed by atoms with Gasteiger partial charge in [-0.05, 0) is 36.9 Å². The highest BCUT2D eigenvalue weighted by Crippen LogP contribution is 2.31. The van der Waals surface area contributed by atoms with E-state index in [0.29, 0.717) is 37.3 Å². The van der Waals surface area contributed by atoms with E-state index in [1.165, 1.54) is 10.5 Å². The molecule has 4 aromatic rings. The Labute approximate surface area is 258 Å². The lowest BCUT2D eigenvalue weighted by Crippen LogP contribution is -2.57. The fraction of sp³-hybridized carbons (Fsp3) is 0.343. The minimum Gasteiger partial charge on any atom is -0.465 e. The van der Waals surface area contributed by atoms with Crippen LogP contribution in [0, 0.1) is 0 Å². The van der Waals surface area contributed by atoms with E-state index in [0.717, 1.165) is 30.6 Å². The number of rotatable bonds is 8. The van der Waals surface area contributed by atoms with Gasteiger partial charge in [-0.1, -0.05) is 91.0 Å². The quantitative estimate of drug-likeness (QED) is 0.309. The Morgan fingerprint density at radius 1 is 0.864 bits per heavy atom. The molecule has 3 aromatic carbocycles. The lowest BCUT2D eigenvalue weighted by molar-refractivity contribution is -0.0451. The van der Waals surface area contributed by atoms with Crippen LogP contribution in [0.3, 0.4) is 0 Å². The lowest BCUT2D eigenvalue weighted by atomic mass is 9.92. The summed E-state index contributed by atoms with van der Waals surface area (Å²) >= 11 is 0. The molecule has 2 aliphatic rings. The molecule has 1 aromatic heterocycles. The van der Waals surface area contributed by atoms with Crippen molar-refractivity contribution in [3.05, 3.63) is 114 Å². The third-order valence-electron chi connectivity index (χ3n) is 8.76. The highest BCUT2D eigenvalue weighted by Gasteiger charge is 2.38. The maximum atomic E-state index is 14.3. The average molecular weight is 594 g/mol. The Hall–Kier alpha value is -4.47. The molecule has 44 heavy (non-hydrogen) atoms. The van der Waals surface area contributed by atoms with Crippen LogP contribution in [0.1, 0.15) is 34.5 Å². The van der Waals surface area contributed by atoms with Gasteiger partial charge in [0, 0.05) is 38.3 Å². The number of aliphatic hydroxyl groups is 1. The smallest absolute Gasteiger partial charge is 0.407 e. The molecule has 1 unspecified atom stereocenters. The van der Waals surface area contributed by atoms with E-state index in [1.807, 2.05) is 83.4 Å². The number of carboxylic acid groups (broad SMARTS) is 1. The van der Waals surface area contributed by atoms with Gasteiger partial charge < -0.3 is 24.6 Å². The van der Waals surface area contributed by atoms with E-state index in [-0.39, 0.29) is 31.6 Å². The molecule has 9 nitrogen and oxygen atoms in total. The van der Waals surface area contributed by atoms with Gasteiger partial charge >= 0.3 is 6.09 Å². The molecule has 0 bridgehead atoms. The van der Waals surface area contributed by atoms with Crippen molar-refractivity contribution in [1.29, 1.82) is 0 Å². The molecule has 3 heterocycles. The fourth-order valence-corrected chi connectivity index (χ4v) is 6.68. The van der Waals surface area contributed by atoms with Crippen molar-refractivity contribution in [2.24, 2.45) is 0 Å². The van der Waals surface area contributed by atoms with Crippen LogP contribution in [0.25, 0.3) is 11.3 Å². The maximum absolute atomic E-state index is 14.3. The van der Waals surface area contributed by atoms with Gasteiger partial charge in [-0.2, -0.15) is 0 Å². The van der Waals surface area contributed by atoms with Crippen molar-refractivity contribution in [2.45, 2.75) is 44.0 Å². The van der Waals surface area contributed by atoms with Crippen molar-refractivity contribution in [3.63, 3.8) is 0 Å². The second kappa shape index (κ2) is 13.0. The molecule has 2 N–H and O–H groups in total. The Kier molecular flexibility index (Phi) is 8.77. The van der Waals surface area contributed by atoms with E-state index in [9.17, 15) is 19.8 Å². The monoisotopic (exact) mass is 593 g/mol. The van der Waals surface area contributed by atoms with E-state index >= 15 is 0 Å². The molecule has 0 radical (unpaired) electrons. The minimum atomic E-state index is -0.986. The number of carbonyl (C=O) groups is 2. The van der Waals surface area contributed by atoms with Crippen molar-refractivity contribution in [1.82, 2.24) is 24.3 Å². The number of piperazine rings is 1. The second-order valence-corrected chi connectivity index (χ2v) is 12.0. The molecular formula is C35H39N5O4. The van der Waals surface area contributed by atoms with Crippen LogP contribution in [0.4, 0.5) is 4.79 Å². The Bertz CT molecular complexity index is 1560. The number of carbonyl (C=O) groups excluding carboxylic acids is 1. The summed E-state index contributed by atoms with van der Waals surface area (Å²) in [7, 11) is 0. The number of imidazole rings is 1. The SMILES string of the molecule is O=C(O)N1CCN(C(=O)c2ncn(CC3(O)CCCN(Cc4ccccc4)C3)c2-c2ccccc2)[C@H](Cc2ccccc2)C1. The largest absolute Gasteiger partial charge is 0.465 e. The van der Waals surface area contributed by atoms with Gasteiger partial charge in [0.2, 0.25) is 0 Å². The van der Waals surface area contributed by atoms with Crippen LogP contribution in [0.2, 0.25) is 0 Å². The van der Waals surface area contributed by atoms with Crippen LogP contribution in [-0.2, 0) is 19.5 Å². The van der Waals surface area contributed by atoms with E-state index in [4.69, 9.17) is 0 Å². The molecule has 0 aliphatic carbocycles. The predicted octanol–water partition coefficient (Wildman–Crippen LogP) is 4.62. The number of hydrogen-bond acceptors (Lipinski definition) is 5. The lowest BCUT2D eigenvalue weighted by Gasteiger charge is -2.40. The Morgan fingerprint density at radius 3 is 2.20 bits per heavy atom. The number of nitrogens with zero attached hydrogens (tertiary/aromatic N) is 5. The summed E-state index contributed by atoms with van der Waals surface area (Å²) in [4.78, 5) is 36.3. The molecule has 228 valence electrons. The fourth-order valence-electron chi connectivity index (χ4n) is 6.68. The van der Waals surface area contributed by atoms with E-state index < -0.39 is 11.7 Å². The molecule has 2 amide bonds. The van der Waals surface area contributed by atoms with E-state index in [1.54, 1.807) is 11.2 Å². The van der Waals surface area contributed by atoms with Crippen molar-refractivity contribution < 1.29 is 19.8 Å². The minimum absolute atomic E-state index is 0.227. The van der Waals surface area contributed by atoms with Crippen molar-refractivity contribution >= 4 is 12.0 Å². The topological polar surface area (TPSA) is 102 Å². The van der Waals surface area contributed by atoms with Crippen LogP contribution in [0.5, 0.6) is 0 Å². The third-order valence-corrected chi connectivity index (χ3v) is 8.76. The molecule has 6 rings (SSSR count). The normalized spacial score (nSPS) is 20.9. The number of aromatic nitrogens is 2. The maximum Gasteiger partial charge on any atom is 0.407 e. The zero-order valence-corrected chi connectivity index (χ0v) is 24.8. The molecule has 0 spiro atoms. The van der Waals surface area contributed by atoms with Crippen LogP contribution >= 0.6 is 0 Å². The number of hydrogen-bond donors (Lipinski definition) is 2. The standard InChI is InChI=1S/C35H39N5O4/c41-33(40-20-19-38(34(42)43)23-30(40)21-27-11-4-1-5-12-27)31-32(29-15-8-3-9-16-29)39(26-36-31)25-35(44)17-10-18-37(24-35)22-28-13-6-2-7-14-28/h1-9,11-16,26,30,44H,10,17-25H2,(H,42,43)/t30-,35?/m1/s1. The van der Waals surface area contributed by atoms with Gasteiger partial charge in [0.15, 0.2) is 5.69 Å². The predicted molar refractivity (Wildman–Crippen MR) is 168 cm³/mol.